The summed E-state index contributed by atoms with van der Waals surface area (Å²) in [5.74, 6) is 0.658. The van der Waals surface area contributed by atoms with Crippen LogP contribution in [0.3, 0.4) is 0 Å². The minimum absolute atomic E-state index is 0.122. The van der Waals surface area contributed by atoms with Gasteiger partial charge in [0.15, 0.2) is 0 Å². The van der Waals surface area contributed by atoms with Crippen LogP contribution in [-0.2, 0) is 0 Å². The van der Waals surface area contributed by atoms with E-state index < -0.39 is 6.10 Å². The topological polar surface area (TPSA) is 58.6 Å². The van der Waals surface area contributed by atoms with Gasteiger partial charge in [0.2, 0.25) is 0 Å². The van der Waals surface area contributed by atoms with Crippen LogP contribution in [0.1, 0.15) is 55.8 Å². The Morgan fingerprint density at radius 3 is 2.67 bits per heavy atom. The van der Waals surface area contributed by atoms with Crippen LogP contribution in [0.25, 0.3) is 0 Å². The molecular formula is C17H25NO3. The van der Waals surface area contributed by atoms with Gasteiger partial charge >= 0.3 is 0 Å². The van der Waals surface area contributed by atoms with Crippen molar-refractivity contribution in [2.75, 3.05) is 6.61 Å². The lowest BCUT2D eigenvalue weighted by atomic mass is 10.1. The molecule has 116 valence electrons. The second-order valence-electron chi connectivity index (χ2n) is 5.66. The van der Waals surface area contributed by atoms with Crippen LogP contribution in [0.2, 0.25) is 0 Å². The van der Waals surface area contributed by atoms with Crippen molar-refractivity contribution >= 4 is 5.91 Å². The van der Waals surface area contributed by atoms with E-state index >= 15 is 0 Å². The third kappa shape index (κ3) is 4.74. The van der Waals surface area contributed by atoms with Crippen molar-refractivity contribution in [3.63, 3.8) is 0 Å². The van der Waals surface area contributed by atoms with Gasteiger partial charge in [-0.2, -0.15) is 0 Å². The highest BCUT2D eigenvalue weighted by Gasteiger charge is 2.23. The van der Waals surface area contributed by atoms with Crippen molar-refractivity contribution in [2.24, 2.45) is 0 Å². The predicted octanol–water partition coefficient (Wildman–Crippen LogP) is 2.90. The molecule has 4 heteroatoms. The summed E-state index contributed by atoms with van der Waals surface area (Å²) in [4.78, 5) is 12.2. The quantitative estimate of drug-likeness (QED) is 0.820. The zero-order valence-electron chi connectivity index (χ0n) is 12.7. The van der Waals surface area contributed by atoms with Gasteiger partial charge in [-0.15, -0.1) is 0 Å². The maximum atomic E-state index is 12.2. The lowest BCUT2D eigenvalue weighted by molar-refractivity contribution is 0.0819. The number of hydrogen-bond acceptors (Lipinski definition) is 3. The molecule has 4 nitrogen and oxygen atoms in total. The van der Waals surface area contributed by atoms with E-state index in [1.54, 1.807) is 12.1 Å². The Morgan fingerprint density at radius 1 is 1.24 bits per heavy atom. The van der Waals surface area contributed by atoms with Crippen LogP contribution >= 0.6 is 0 Å². The van der Waals surface area contributed by atoms with Gasteiger partial charge in [0.25, 0.3) is 5.91 Å². The molecule has 0 aliphatic heterocycles. The zero-order chi connectivity index (χ0) is 15.1. The molecule has 1 amide bonds. The number of hydrogen-bond donors (Lipinski definition) is 2. The van der Waals surface area contributed by atoms with E-state index in [0.29, 0.717) is 12.2 Å². The molecule has 1 fully saturated rings. The number of carbonyl (C=O) groups excluding carboxylic acids is 1. The van der Waals surface area contributed by atoms with Crippen LogP contribution in [0.4, 0.5) is 0 Å². The summed E-state index contributed by atoms with van der Waals surface area (Å²) in [5.41, 5.74) is 0.607. The summed E-state index contributed by atoms with van der Waals surface area (Å²) < 4.78 is 5.50. The fraction of sp³-hybridized carbons (Fsp3) is 0.588. The Bertz CT molecular complexity index is 444. The molecule has 2 N–H and O–H groups in total. The van der Waals surface area contributed by atoms with E-state index in [9.17, 15) is 9.90 Å². The summed E-state index contributed by atoms with van der Waals surface area (Å²) in [6, 6.07) is 7.03. The number of nitrogens with one attached hydrogen (secondary N) is 1. The first-order valence-corrected chi connectivity index (χ1v) is 7.92. The van der Waals surface area contributed by atoms with E-state index in [2.05, 4.69) is 12.2 Å². The smallest absolute Gasteiger partial charge is 0.251 e. The first-order chi connectivity index (χ1) is 10.2. The molecule has 2 atom stereocenters. The van der Waals surface area contributed by atoms with Crippen LogP contribution in [0.5, 0.6) is 5.75 Å². The summed E-state index contributed by atoms with van der Waals surface area (Å²) in [6.45, 7) is 2.74. The highest BCUT2D eigenvalue weighted by molar-refractivity contribution is 5.94. The number of amides is 1. The molecule has 0 saturated heterocycles. The van der Waals surface area contributed by atoms with Crippen molar-refractivity contribution in [1.82, 2.24) is 5.32 Å². The van der Waals surface area contributed by atoms with Crippen LogP contribution in [0, 0.1) is 0 Å². The van der Waals surface area contributed by atoms with Gasteiger partial charge in [-0.3, -0.25) is 4.79 Å². The third-order valence-electron chi connectivity index (χ3n) is 3.89. The van der Waals surface area contributed by atoms with Gasteiger partial charge < -0.3 is 15.2 Å². The average molecular weight is 291 g/mol. The third-order valence-corrected chi connectivity index (χ3v) is 3.89. The molecule has 0 spiro atoms. The van der Waals surface area contributed by atoms with Crippen LogP contribution < -0.4 is 10.1 Å². The molecule has 1 saturated carbocycles. The molecule has 1 aliphatic carbocycles. The number of aliphatic hydroxyl groups is 1. The molecule has 0 radical (unpaired) electrons. The Morgan fingerprint density at radius 2 is 1.95 bits per heavy atom. The van der Waals surface area contributed by atoms with E-state index in [1.165, 1.54) is 0 Å². The standard InChI is InChI=1S/C17H25NO3/c1-2-12-21-14-10-8-13(9-11-14)17(20)18-15-6-4-3-5-7-16(15)19/h8-11,15-16,19H,2-7,12H2,1H3,(H,18,20). The molecule has 21 heavy (non-hydrogen) atoms. The molecular weight excluding hydrogens is 266 g/mol. The number of aliphatic hydroxyl groups excluding tert-OH is 1. The lowest BCUT2D eigenvalue weighted by Crippen LogP contribution is -2.42. The molecule has 1 aromatic carbocycles. The van der Waals surface area contributed by atoms with Crippen molar-refractivity contribution < 1.29 is 14.6 Å². The van der Waals surface area contributed by atoms with Gasteiger partial charge in [-0.05, 0) is 43.5 Å². The van der Waals surface area contributed by atoms with E-state index in [4.69, 9.17) is 4.74 Å². The molecule has 0 heterocycles. The number of carbonyl (C=O) groups is 1. The van der Waals surface area contributed by atoms with Crippen LogP contribution in [-0.4, -0.2) is 29.8 Å². The normalized spacial score (nSPS) is 22.4. The summed E-state index contributed by atoms with van der Waals surface area (Å²) >= 11 is 0. The maximum Gasteiger partial charge on any atom is 0.251 e. The first-order valence-electron chi connectivity index (χ1n) is 7.92. The SMILES string of the molecule is CCCOc1ccc(C(=O)NC2CCCCCC2O)cc1. The molecule has 2 unspecified atom stereocenters. The molecule has 1 aliphatic rings. The highest BCUT2D eigenvalue weighted by Crippen LogP contribution is 2.19. The Balaban J connectivity index is 1.92. The molecule has 0 aromatic heterocycles. The summed E-state index contributed by atoms with van der Waals surface area (Å²) in [5, 5.41) is 13.0. The minimum atomic E-state index is -0.427. The zero-order valence-corrected chi connectivity index (χ0v) is 12.7. The van der Waals surface area contributed by atoms with Crippen molar-refractivity contribution in [2.45, 2.75) is 57.6 Å². The van der Waals surface area contributed by atoms with Crippen molar-refractivity contribution in [3.05, 3.63) is 29.8 Å². The summed E-state index contributed by atoms with van der Waals surface area (Å²) in [6.07, 6.45) is 5.39. The Kier molecular flexibility index (Phi) is 6.05. The number of benzene rings is 1. The molecule has 2 rings (SSSR count). The van der Waals surface area contributed by atoms with Gasteiger partial charge in [0, 0.05) is 5.56 Å². The number of rotatable bonds is 5. The van der Waals surface area contributed by atoms with Crippen molar-refractivity contribution in [1.29, 1.82) is 0 Å². The Hall–Kier alpha value is -1.55. The second-order valence-corrected chi connectivity index (χ2v) is 5.66. The monoisotopic (exact) mass is 291 g/mol. The Labute approximate surface area is 126 Å². The van der Waals surface area contributed by atoms with Gasteiger partial charge in [0.05, 0.1) is 18.8 Å². The van der Waals surface area contributed by atoms with Gasteiger partial charge in [-0.25, -0.2) is 0 Å². The largest absolute Gasteiger partial charge is 0.494 e. The maximum absolute atomic E-state index is 12.2. The fourth-order valence-electron chi connectivity index (χ4n) is 2.63. The predicted molar refractivity (Wildman–Crippen MR) is 82.6 cm³/mol. The average Bonchev–Trinajstić information content (AvgIpc) is 2.70. The molecule has 1 aromatic rings. The second kappa shape index (κ2) is 8.03. The van der Waals surface area contributed by atoms with E-state index in [0.717, 1.165) is 44.3 Å². The highest BCUT2D eigenvalue weighted by atomic mass is 16.5. The van der Waals surface area contributed by atoms with Gasteiger partial charge in [0.1, 0.15) is 5.75 Å². The molecule has 0 bridgehead atoms. The minimum Gasteiger partial charge on any atom is -0.494 e. The fourth-order valence-corrected chi connectivity index (χ4v) is 2.63. The first kappa shape index (κ1) is 15.8. The van der Waals surface area contributed by atoms with Crippen LogP contribution in [0.15, 0.2) is 24.3 Å². The van der Waals surface area contributed by atoms with Gasteiger partial charge in [-0.1, -0.05) is 26.2 Å². The van der Waals surface area contributed by atoms with E-state index in [1.807, 2.05) is 12.1 Å². The van der Waals surface area contributed by atoms with E-state index in [-0.39, 0.29) is 11.9 Å². The van der Waals surface area contributed by atoms with Crippen molar-refractivity contribution in [3.8, 4) is 5.75 Å². The summed E-state index contributed by atoms with van der Waals surface area (Å²) in [7, 11) is 0. The number of ether oxygens (including phenoxy) is 1. The lowest BCUT2D eigenvalue weighted by Gasteiger charge is -2.21.